The van der Waals surface area contributed by atoms with Crippen molar-refractivity contribution >= 4 is 11.8 Å². The van der Waals surface area contributed by atoms with Crippen LogP contribution in [0.3, 0.4) is 0 Å². The molecule has 0 aliphatic heterocycles. The summed E-state index contributed by atoms with van der Waals surface area (Å²) in [6.07, 6.45) is 43.0. The van der Waals surface area contributed by atoms with Crippen LogP contribution in [-0.2, 0) is 9.59 Å². The highest BCUT2D eigenvalue weighted by atomic mass is 16.2. The largest absolute Gasteiger partial charge is 0.274 e. The third-order valence-electron chi connectivity index (χ3n) is 8.17. The van der Waals surface area contributed by atoms with Crippen molar-refractivity contribution in [1.82, 2.24) is 16.0 Å². The minimum atomic E-state index is -0.0131. The van der Waals surface area contributed by atoms with Crippen LogP contribution in [-0.4, -0.2) is 23.5 Å². The maximum absolute atomic E-state index is 12.3. The highest BCUT2D eigenvalue weighted by Gasteiger charge is 2.10. The van der Waals surface area contributed by atoms with Crippen molar-refractivity contribution in [3.63, 3.8) is 0 Å². The van der Waals surface area contributed by atoms with E-state index in [1.54, 1.807) is 5.12 Å². The van der Waals surface area contributed by atoms with Crippen molar-refractivity contribution in [3.8, 4) is 0 Å². The molecule has 43 heavy (non-hydrogen) atoms. The zero-order valence-electron chi connectivity index (χ0n) is 29.1. The van der Waals surface area contributed by atoms with Gasteiger partial charge in [0, 0.05) is 19.4 Å². The molecule has 252 valence electrons. The van der Waals surface area contributed by atoms with Crippen LogP contribution < -0.4 is 10.9 Å². The topological polar surface area (TPSA) is 61.4 Å². The molecule has 0 saturated heterocycles. The SMILES string of the molecule is CCCCCCCCC=CCCCCCCCC(=O)NN(CC)NC(=O)CCCCCCCC=CCCCCCCCC. The number of allylic oxidation sites excluding steroid dienone is 4. The van der Waals surface area contributed by atoms with Gasteiger partial charge in [-0.15, -0.1) is 5.12 Å². The van der Waals surface area contributed by atoms with E-state index in [4.69, 9.17) is 0 Å². The second kappa shape index (κ2) is 34.9. The van der Waals surface area contributed by atoms with E-state index in [-0.39, 0.29) is 11.8 Å². The van der Waals surface area contributed by atoms with Crippen LogP contribution in [0, 0.1) is 0 Å². The van der Waals surface area contributed by atoms with E-state index in [1.807, 2.05) is 6.92 Å². The first-order valence-electron chi connectivity index (χ1n) is 18.8. The molecule has 2 N–H and O–H groups in total. The Morgan fingerprint density at radius 1 is 0.419 bits per heavy atom. The van der Waals surface area contributed by atoms with Crippen LogP contribution in [0.1, 0.15) is 201 Å². The van der Waals surface area contributed by atoms with Crippen molar-refractivity contribution in [2.75, 3.05) is 6.54 Å². The van der Waals surface area contributed by atoms with Gasteiger partial charge in [0.1, 0.15) is 0 Å². The molecule has 0 aromatic rings. The summed E-state index contributed by atoms with van der Waals surface area (Å²) in [7, 11) is 0. The predicted molar refractivity (Wildman–Crippen MR) is 188 cm³/mol. The van der Waals surface area contributed by atoms with Gasteiger partial charge in [-0.05, 0) is 71.1 Å². The quantitative estimate of drug-likeness (QED) is 0.0445. The van der Waals surface area contributed by atoms with Gasteiger partial charge in [-0.25, -0.2) is 0 Å². The maximum Gasteiger partial charge on any atom is 0.235 e. The Kier molecular flexibility index (Phi) is 33.6. The van der Waals surface area contributed by atoms with Crippen molar-refractivity contribution in [3.05, 3.63) is 24.3 Å². The van der Waals surface area contributed by atoms with E-state index in [1.165, 1.54) is 141 Å². The monoisotopic (exact) mass is 604 g/mol. The Bertz CT molecular complexity index is 608. The fourth-order valence-corrected chi connectivity index (χ4v) is 5.31. The van der Waals surface area contributed by atoms with Gasteiger partial charge in [0.25, 0.3) is 0 Å². The second-order valence-corrected chi connectivity index (χ2v) is 12.5. The average molecular weight is 604 g/mol. The molecule has 0 rings (SSSR count). The number of hydrogen-bond acceptors (Lipinski definition) is 3. The van der Waals surface area contributed by atoms with Crippen LogP contribution in [0.15, 0.2) is 24.3 Å². The molecule has 0 bridgehead atoms. The molecule has 2 amide bonds. The van der Waals surface area contributed by atoms with Crippen molar-refractivity contribution < 1.29 is 9.59 Å². The fraction of sp³-hybridized carbons (Fsp3) is 0.842. The van der Waals surface area contributed by atoms with E-state index in [0.717, 1.165) is 25.7 Å². The maximum atomic E-state index is 12.3. The molecule has 0 aliphatic rings. The molecule has 0 saturated carbocycles. The summed E-state index contributed by atoms with van der Waals surface area (Å²) >= 11 is 0. The Morgan fingerprint density at radius 2 is 0.698 bits per heavy atom. The molecule has 0 aliphatic carbocycles. The number of rotatable bonds is 33. The van der Waals surface area contributed by atoms with Gasteiger partial charge < -0.3 is 0 Å². The Morgan fingerprint density at radius 3 is 1.00 bits per heavy atom. The smallest absolute Gasteiger partial charge is 0.235 e. The van der Waals surface area contributed by atoms with E-state index in [9.17, 15) is 9.59 Å². The predicted octanol–water partition coefficient (Wildman–Crippen LogP) is 11.4. The third kappa shape index (κ3) is 33.1. The van der Waals surface area contributed by atoms with E-state index in [2.05, 4.69) is 49.0 Å². The van der Waals surface area contributed by atoms with E-state index < -0.39 is 0 Å². The first kappa shape index (κ1) is 41.4. The zero-order chi connectivity index (χ0) is 31.5. The molecule has 0 spiro atoms. The van der Waals surface area contributed by atoms with Gasteiger partial charge in [-0.3, -0.25) is 20.4 Å². The number of unbranched alkanes of at least 4 members (excludes halogenated alkanes) is 22. The minimum absolute atomic E-state index is 0.0131. The molecule has 0 atom stereocenters. The lowest BCUT2D eigenvalue weighted by atomic mass is 10.1. The molecular formula is C38H73N3O2. The van der Waals surface area contributed by atoms with Crippen molar-refractivity contribution in [1.29, 1.82) is 0 Å². The molecule has 5 heteroatoms. The average Bonchev–Trinajstić information content (AvgIpc) is 3.00. The molecular weight excluding hydrogens is 530 g/mol. The van der Waals surface area contributed by atoms with Gasteiger partial charge in [-0.2, -0.15) is 0 Å². The van der Waals surface area contributed by atoms with Gasteiger partial charge in [0.05, 0.1) is 0 Å². The summed E-state index contributed by atoms with van der Waals surface area (Å²) < 4.78 is 0. The first-order valence-corrected chi connectivity index (χ1v) is 18.8. The van der Waals surface area contributed by atoms with Crippen LogP contribution in [0.25, 0.3) is 0 Å². The van der Waals surface area contributed by atoms with Crippen molar-refractivity contribution in [2.45, 2.75) is 201 Å². The molecule has 0 heterocycles. The number of nitrogens with zero attached hydrogens (tertiary/aromatic N) is 1. The highest BCUT2D eigenvalue weighted by molar-refractivity contribution is 5.77. The van der Waals surface area contributed by atoms with Gasteiger partial charge >= 0.3 is 0 Å². The van der Waals surface area contributed by atoms with Gasteiger partial charge in [0.15, 0.2) is 0 Å². The van der Waals surface area contributed by atoms with Crippen LogP contribution in [0.2, 0.25) is 0 Å². The number of hydrazine groups is 2. The normalized spacial score (nSPS) is 11.7. The van der Waals surface area contributed by atoms with Crippen LogP contribution >= 0.6 is 0 Å². The summed E-state index contributed by atoms with van der Waals surface area (Å²) in [6.45, 7) is 7.02. The number of carbonyl (C=O) groups is 2. The molecule has 0 aromatic carbocycles. The number of carbonyl (C=O) groups excluding carboxylic acids is 2. The lowest BCUT2D eigenvalue weighted by Gasteiger charge is -2.22. The molecule has 0 unspecified atom stereocenters. The Hall–Kier alpha value is -1.62. The molecule has 0 aromatic heterocycles. The van der Waals surface area contributed by atoms with Crippen molar-refractivity contribution in [2.24, 2.45) is 0 Å². The molecule has 5 nitrogen and oxygen atoms in total. The standard InChI is InChI=1S/C38H73N3O2/c1-4-7-9-11-13-15-17-19-21-23-25-27-29-31-33-35-37(42)39-41(6-3)40-38(43)36-34-32-30-28-26-24-22-20-18-16-14-12-10-8-5-2/h19-22H,4-18,23-36H2,1-3H3,(H,39,42)(H,40,43). The lowest BCUT2D eigenvalue weighted by molar-refractivity contribution is -0.133. The van der Waals surface area contributed by atoms with E-state index in [0.29, 0.717) is 19.4 Å². The van der Waals surface area contributed by atoms with Crippen LogP contribution in [0.5, 0.6) is 0 Å². The summed E-state index contributed by atoms with van der Waals surface area (Å²) in [5.41, 5.74) is 5.70. The fourth-order valence-electron chi connectivity index (χ4n) is 5.31. The second-order valence-electron chi connectivity index (χ2n) is 12.5. The van der Waals surface area contributed by atoms with Gasteiger partial charge in [0.2, 0.25) is 11.8 Å². The van der Waals surface area contributed by atoms with Crippen LogP contribution in [0.4, 0.5) is 0 Å². The summed E-state index contributed by atoms with van der Waals surface area (Å²) in [5.74, 6) is -0.0263. The molecule has 0 radical (unpaired) electrons. The summed E-state index contributed by atoms with van der Waals surface area (Å²) in [5, 5.41) is 1.54. The molecule has 0 fully saturated rings. The number of amides is 2. The number of nitrogens with one attached hydrogen (secondary N) is 2. The number of hydrogen-bond donors (Lipinski definition) is 2. The lowest BCUT2D eigenvalue weighted by Crippen LogP contribution is -2.52. The Balaban J connectivity index is 3.59. The minimum Gasteiger partial charge on any atom is -0.274 e. The first-order chi connectivity index (χ1) is 21.1. The highest BCUT2D eigenvalue weighted by Crippen LogP contribution is 2.11. The van der Waals surface area contributed by atoms with E-state index >= 15 is 0 Å². The Labute approximate surface area is 268 Å². The summed E-state index contributed by atoms with van der Waals surface area (Å²) in [4.78, 5) is 24.6. The van der Waals surface area contributed by atoms with Gasteiger partial charge in [-0.1, -0.05) is 141 Å². The third-order valence-corrected chi connectivity index (χ3v) is 8.17. The zero-order valence-corrected chi connectivity index (χ0v) is 29.1. The summed E-state index contributed by atoms with van der Waals surface area (Å²) in [6, 6.07) is 0.